The molecule has 5 heterocycles. The molecular weight excluding hydrogens is 1210 g/mol. The molecule has 30 heteroatoms. The number of ether oxygens (including phenoxy) is 11. The zero-order chi connectivity index (χ0) is 66.7. The number of carbonyl (C=O) groups is 3. The van der Waals surface area contributed by atoms with E-state index in [2.05, 4.69) is 26.8 Å². The van der Waals surface area contributed by atoms with Crippen molar-refractivity contribution in [3.63, 3.8) is 0 Å². The molecule has 0 spiro atoms. The van der Waals surface area contributed by atoms with E-state index in [1.165, 1.54) is 20.8 Å². The Bertz CT molecular complexity index is 2630. The topological polar surface area (TPSA) is 476 Å². The number of aliphatic hydroxyl groups excluding tert-OH is 15. The summed E-state index contributed by atoms with van der Waals surface area (Å²) in [7, 11) is 0. The van der Waals surface area contributed by atoms with Crippen LogP contribution in [0.2, 0.25) is 0 Å². The van der Waals surface area contributed by atoms with Crippen molar-refractivity contribution in [3.8, 4) is 0 Å². The van der Waals surface area contributed by atoms with Crippen molar-refractivity contribution in [2.24, 2.45) is 50.2 Å². The lowest BCUT2D eigenvalue weighted by atomic mass is 9.33. The van der Waals surface area contributed by atoms with Crippen molar-refractivity contribution < 1.29 is 148 Å². The maximum absolute atomic E-state index is 15.7. The molecule has 10 rings (SSSR count). The number of rotatable bonds is 15. The van der Waals surface area contributed by atoms with E-state index in [0.717, 1.165) is 12.5 Å². The number of hydrogen-bond donors (Lipinski definition) is 16. The number of fused-ring (bicyclic) bond motifs is 7. The summed E-state index contributed by atoms with van der Waals surface area (Å²) in [5, 5.41) is 176. The molecule has 5 aliphatic heterocycles. The summed E-state index contributed by atoms with van der Waals surface area (Å²) in [5.74, 6) is -4.43. The molecular formula is C61H96O30. The first-order chi connectivity index (χ1) is 42.6. The van der Waals surface area contributed by atoms with Gasteiger partial charge in [0.25, 0.3) is 0 Å². The van der Waals surface area contributed by atoms with Gasteiger partial charge in [-0.3, -0.25) is 14.4 Å². The summed E-state index contributed by atoms with van der Waals surface area (Å²) < 4.78 is 64.9. The molecule has 9 fully saturated rings. The largest absolute Gasteiger partial charge is 0.481 e. The number of esters is 2. The Balaban J connectivity index is 0.875. The van der Waals surface area contributed by atoms with Gasteiger partial charge in [0.05, 0.1) is 55.6 Å². The van der Waals surface area contributed by atoms with Gasteiger partial charge in [-0.1, -0.05) is 39.3 Å². The average Bonchev–Trinajstić information content (AvgIpc) is 0.671. The van der Waals surface area contributed by atoms with Crippen LogP contribution in [-0.2, 0) is 66.5 Å². The number of carbonyl (C=O) groups excluding carboxylic acids is 2. The van der Waals surface area contributed by atoms with Crippen LogP contribution in [-0.4, -0.2) is 286 Å². The molecule has 5 aliphatic carbocycles. The van der Waals surface area contributed by atoms with Gasteiger partial charge in [0.1, 0.15) is 97.7 Å². The Morgan fingerprint density at radius 3 is 1.70 bits per heavy atom. The maximum Gasteiger partial charge on any atom is 0.315 e. The number of aliphatic carboxylic acids is 1. The third kappa shape index (κ3) is 11.8. The third-order valence-electron chi connectivity index (χ3n) is 23.4. The smallest absolute Gasteiger partial charge is 0.315 e. The Morgan fingerprint density at radius 1 is 0.560 bits per heavy atom. The van der Waals surface area contributed by atoms with E-state index in [-0.39, 0.29) is 43.6 Å². The van der Waals surface area contributed by atoms with E-state index in [1.807, 2.05) is 6.92 Å². The van der Waals surface area contributed by atoms with E-state index in [4.69, 9.17) is 52.1 Å². The highest BCUT2D eigenvalue weighted by atomic mass is 16.8. The second-order valence-corrected chi connectivity index (χ2v) is 29.0. The minimum Gasteiger partial charge on any atom is -0.481 e. The summed E-state index contributed by atoms with van der Waals surface area (Å²) in [6, 6.07) is 0. The number of carboxylic acids is 1. The first-order valence-corrected chi connectivity index (χ1v) is 31.8. The summed E-state index contributed by atoms with van der Waals surface area (Å²) in [6.07, 6.45) is -38.3. The Kier molecular flexibility index (Phi) is 20.4. The molecule has 34 unspecified atom stereocenters. The highest BCUT2D eigenvalue weighted by Crippen LogP contribution is 2.76. The highest BCUT2D eigenvalue weighted by molar-refractivity contribution is 5.79. The summed E-state index contributed by atoms with van der Waals surface area (Å²) in [5.41, 5.74) is -5.32. The highest BCUT2D eigenvalue weighted by Gasteiger charge is 2.74. The van der Waals surface area contributed by atoms with Crippen LogP contribution in [0.5, 0.6) is 0 Å². The summed E-state index contributed by atoms with van der Waals surface area (Å²) >= 11 is 0. The SMILES string of the molecule is CC(=O)OC1C(C)OC(OC(=O)C23CCC(C)(C)CC2C2=CCC4C5(C)CC(O)C(OC6OC(CO)C(O)C(O)C6O)C(C)(C(=O)O)C5CCC4(C)C2(CO)CC3)C(OC2OC(C)C(OC3OCC(OC4OC(CO)C(O)C(O)C4O)C(O)C3O)C(O)C2O)C1O. The number of allylic oxidation sites excluding steroid dienone is 1. The molecule has 10 aliphatic rings. The normalized spacial score (nSPS) is 53.1. The molecule has 16 N–H and O–H groups in total. The first kappa shape index (κ1) is 71.0. The van der Waals surface area contributed by atoms with Crippen molar-refractivity contribution in [2.45, 2.75) is 273 Å². The van der Waals surface area contributed by atoms with Crippen LogP contribution < -0.4 is 0 Å². The monoisotopic (exact) mass is 1310 g/mol. The molecule has 91 heavy (non-hydrogen) atoms. The van der Waals surface area contributed by atoms with Crippen molar-refractivity contribution >= 4 is 17.9 Å². The van der Waals surface area contributed by atoms with Crippen LogP contribution >= 0.6 is 0 Å². The fourth-order valence-corrected chi connectivity index (χ4v) is 18.2. The quantitative estimate of drug-likeness (QED) is 0.0423. The fraction of sp³-hybridized carbons (Fsp3) is 0.918. The van der Waals surface area contributed by atoms with Gasteiger partial charge in [-0.2, -0.15) is 0 Å². The number of carboxylic acid groups (broad SMARTS) is 1. The van der Waals surface area contributed by atoms with Crippen LogP contribution in [0.3, 0.4) is 0 Å². The van der Waals surface area contributed by atoms with Crippen LogP contribution in [0.15, 0.2) is 11.6 Å². The molecule has 34 atom stereocenters. The zero-order valence-electron chi connectivity index (χ0n) is 52.4. The third-order valence-corrected chi connectivity index (χ3v) is 23.4. The van der Waals surface area contributed by atoms with Gasteiger partial charge >= 0.3 is 17.9 Å². The Hall–Kier alpha value is -2.81. The van der Waals surface area contributed by atoms with Crippen LogP contribution in [0.1, 0.15) is 113 Å². The standard InChI is InChI=1S/C61H96O30/c1-23-45(88-49-40(73)36(69)31(21-81-49)87-51-41(74)37(70)34(67)29(19-62)85-51)39(72)43(76)50(82-23)89-47-44(77)46(84-25(3)65)24(2)83-53(47)91-55(80)60-14-13-56(4,5)17-27(60)26-9-10-32-57(6)18-28(66)48(90-52-42(75)38(71)35(68)30(20-63)86-52)59(8,54(78)79)33(57)11-12-58(32,7)61(26,22-64)16-15-60/h9,23-24,27-53,62-64,66-77H,10-22H2,1-8H3,(H,78,79). The zero-order valence-corrected chi connectivity index (χ0v) is 52.4. The molecule has 520 valence electrons. The van der Waals surface area contributed by atoms with Gasteiger partial charge < -0.3 is 134 Å². The molecule has 4 saturated carbocycles. The van der Waals surface area contributed by atoms with Crippen LogP contribution in [0.25, 0.3) is 0 Å². The van der Waals surface area contributed by atoms with Gasteiger partial charge in [-0.15, -0.1) is 0 Å². The molecule has 30 nitrogen and oxygen atoms in total. The molecule has 5 saturated heterocycles. The van der Waals surface area contributed by atoms with Crippen LogP contribution in [0, 0.1) is 50.2 Å². The van der Waals surface area contributed by atoms with Gasteiger partial charge in [-0.25, -0.2) is 0 Å². The minimum atomic E-state index is -2.03. The molecule has 0 aromatic heterocycles. The van der Waals surface area contributed by atoms with Crippen molar-refractivity contribution in [1.82, 2.24) is 0 Å². The second kappa shape index (κ2) is 26.2. The van der Waals surface area contributed by atoms with Gasteiger partial charge in [-0.05, 0) is 113 Å². The molecule has 0 radical (unpaired) electrons. The first-order valence-electron chi connectivity index (χ1n) is 31.8. The van der Waals surface area contributed by atoms with E-state index in [9.17, 15) is 91.3 Å². The lowest BCUT2D eigenvalue weighted by molar-refractivity contribution is -0.378. The predicted molar refractivity (Wildman–Crippen MR) is 301 cm³/mol. The van der Waals surface area contributed by atoms with Crippen LogP contribution in [0.4, 0.5) is 0 Å². The number of hydrogen-bond acceptors (Lipinski definition) is 29. The molecule has 0 aromatic rings. The summed E-state index contributed by atoms with van der Waals surface area (Å²) in [6.45, 7) is 11.3. The van der Waals surface area contributed by atoms with E-state index in [0.29, 0.717) is 32.1 Å². The van der Waals surface area contributed by atoms with E-state index < -0.39 is 236 Å². The van der Waals surface area contributed by atoms with Gasteiger partial charge in [0.2, 0.25) is 6.29 Å². The van der Waals surface area contributed by atoms with Crippen molar-refractivity contribution in [3.05, 3.63) is 11.6 Å². The van der Waals surface area contributed by atoms with Crippen molar-refractivity contribution in [2.75, 3.05) is 26.4 Å². The lowest BCUT2D eigenvalue weighted by Gasteiger charge is -2.71. The Morgan fingerprint density at radius 2 is 1.11 bits per heavy atom. The lowest BCUT2D eigenvalue weighted by Crippen LogP contribution is -2.71. The summed E-state index contributed by atoms with van der Waals surface area (Å²) in [4.78, 5) is 42.0. The van der Waals surface area contributed by atoms with Gasteiger partial charge in [0.15, 0.2) is 37.4 Å². The Labute approximate surface area is 525 Å². The molecule has 0 aromatic carbocycles. The predicted octanol–water partition coefficient (Wildman–Crippen LogP) is -3.94. The fourth-order valence-electron chi connectivity index (χ4n) is 18.2. The minimum absolute atomic E-state index is 0.0192. The molecule has 0 bridgehead atoms. The van der Waals surface area contributed by atoms with E-state index >= 15 is 4.79 Å². The average molecular weight is 1310 g/mol. The second-order valence-electron chi connectivity index (χ2n) is 29.0. The van der Waals surface area contributed by atoms with Gasteiger partial charge in [0, 0.05) is 12.3 Å². The molecule has 0 amide bonds. The van der Waals surface area contributed by atoms with Crippen molar-refractivity contribution in [1.29, 1.82) is 0 Å². The maximum atomic E-state index is 15.7. The van der Waals surface area contributed by atoms with E-state index in [1.54, 1.807) is 0 Å². The number of aliphatic hydroxyl groups is 15.